The molecule has 10 heavy (non-hydrogen) atoms. The van der Waals surface area contributed by atoms with E-state index < -0.39 is 0 Å². The Morgan fingerprint density at radius 3 is 2.70 bits per heavy atom. The van der Waals surface area contributed by atoms with Crippen LogP contribution in [0.25, 0.3) is 0 Å². The lowest BCUT2D eigenvalue weighted by molar-refractivity contribution is 0.648. The molecule has 0 heterocycles. The topological polar surface area (TPSA) is 3.24 Å². The highest BCUT2D eigenvalue weighted by atomic mass is 33.1. The molecule has 0 unspecified atom stereocenters. The zero-order chi connectivity index (χ0) is 7.98. The summed E-state index contributed by atoms with van der Waals surface area (Å²) in [5, 5.41) is 0. The Bertz CT molecular complexity index is 122. The summed E-state index contributed by atoms with van der Waals surface area (Å²) in [4.78, 5) is 1.93. The average molecular weight is 193 g/mol. The first-order valence-corrected chi connectivity index (χ1v) is 5.53. The first-order valence-electron chi connectivity index (χ1n) is 2.80. The second kappa shape index (κ2) is 6.07. The highest BCUT2D eigenvalue weighted by Gasteiger charge is 1.97. The van der Waals surface area contributed by atoms with Crippen LogP contribution in [0.1, 0.15) is 0 Å². The van der Waals surface area contributed by atoms with Crippen molar-refractivity contribution in [3.63, 3.8) is 0 Å². The van der Waals surface area contributed by atoms with Gasteiger partial charge in [-0.05, 0) is 10.8 Å². The third-order valence-corrected chi connectivity index (χ3v) is 3.85. The van der Waals surface area contributed by atoms with E-state index in [1.807, 2.05) is 25.1 Å². The highest BCUT2D eigenvalue weighted by Crippen LogP contribution is 2.23. The van der Waals surface area contributed by atoms with Gasteiger partial charge in [-0.1, -0.05) is 29.1 Å². The van der Waals surface area contributed by atoms with Crippen molar-refractivity contribution in [1.29, 1.82) is 0 Å². The zero-order valence-corrected chi connectivity index (χ0v) is 8.61. The fourth-order valence-electron chi connectivity index (χ4n) is 0.207. The summed E-state index contributed by atoms with van der Waals surface area (Å²) < 4.78 is 0.909. The number of rotatable bonds is 3. The summed E-state index contributed by atoms with van der Waals surface area (Å²) in [5.41, 5.74) is 0. The third kappa shape index (κ3) is 5.14. The molecule has 0 saturated carbocycles. The van der Waals surface area contributed by atoms with Crippen LogP contribution in [0.15, 0.2) is 12.7 Å². The van der Waals surface area contributed by atoms with Gasteiger partial charge in [0.2, 0.25) is 0 Å². The molecule has 0 aromatic heterocycles. The molecule has 0 aliphatic carbocycles. The fourth-order valence-corrected chi connectivity index (χ4v) is 2.30. The van der Waals surface area contributed by atoms with Gasteiger partial charge in [0.15, 0.2) is 0 Å². The van der Waals surface area contributed by atoms with Crippen molar-refractivity contribution >= 4 is 38.1 Å². The Morgan fingerprint density at radius 2 is 2.30 bits per heavy atom. The van der Waals surface area contributed by atoms with E-state index in [1.165, 1.54) is 0 Å². The molecule has 1 nitrogen and oxygen atoms in total. The van der Waals surface area contributed by atoms with Gasteiger partial charge in [-0.2, -0.15) is 0 Å². The summed E-state index contributed by atoms with van der Waals surface area (Å²) in [6, 6.07) is 0. The molecule has 58 valence electrons. The van der Waals surface area contributed by atoms with Crippen molar-refractivity contribution in [2.75, 3.05) is 19.8 Å². The Labute approximate surface area is 75.6 Å². The first kappa shape index (κ1) is 10.3. The van der Waals surface area contributed by atoms with Gasteiger partial charge in [-0.15, -0.1) is 6.58 Å². The van der Waals surface area contributed by atoms with E-state index in [9.17, 15) is 0 Å². The molecule has 4 heteroatoms. The molecular weight excluding hydrogens is 182 g/mol. The van der Waals surface area contributed by atoms with Crippen LogP contribution in [0.5, 0.6) is 0 Å². The van der Waals surface area contributed by atoms with Crippen molar-refractivity contribution in [1.82, 2.24) is 4.90 Å². The molecule has 0 aromatic carbocycles. The summed E-state index contributed by atoms with van der Waals surface area (Å²) in [5.74, 6) is 0.943. The molecule has 0 N–H and O–H groups in total. The van der Waals surface area contributed by atoms with Gasteiger partial charge in [0.05, 0.1) is 0 Å². The second-order valence-electron chi connectivity index (χ2n) is 1.82. The van der Waals surface area contributed by atoms with E-state index in [0.29, 0.717) is 0 Å². The minimum Gasteiger partial charge on any atom is -0.363 e. The van der Waals surface area contributed by atoms with Crippen molar-refractivity contribution in [3.05, 3.63) is 12.7 Å². The van der Waals surface area contributed by atoms with Crippen LogP contribution in [0.2, 0.25) is 0 Å². The Kier molecular flexibility index (Phi) is 6.27. The van der Waals surface area contributed by atoms with Crippen LogP contribution >= 0.6 is 33.8 Å². The molecule has 0 aromatic rings. The minimum atomic E-state index is 0.909. The largest absolute Gasteiger partial charge is 0.363 e. The summed E-state index contributed by atoms with van der Waals surface area (Å²) in [6.07, 6.45) is 1.87. The number of thiocarbonyl (C=S) groups is 1. The summed E-state index contributed by atoms with van der Waals surface area (Å²) in [7, 11) is 7.21. The standard InChI is InChI=1S/C6H11NS3/c1-4-5-9-10-6(8)7(2)3/h4H,1,5H2,2-3H3. The lowest BCUT2D eigenvalue weighted by Gasteiger charge is -2.10. The van der Waals surface area contributed by atoms with Crippen molar-refractivity contribution in [2.45, 2.75) is 0 Å². The molecule has 0 fully saturated rings. The first-order chi connectivity index (χ1) is 4.68. The van der Waals surface area contributed by atoms with Gasteiger partial charge in [-0.3, -0.25) is 0 Å². The van der Waals surface area contributed by atoms with Crippen LogP contribution in [-0.2, 0) is 0 Å². The molecule has 0 radical (unpaired) electrons. The maximum absolute atomic E-state index is 5.03. The highest BCUT2D eigenvalue weighted by molar-refractivity contribution is 8.83. The van der Waals surface area contributed by atoms with Crippen molar-refractivity contribution in [2.24, 2.45) is 0 Å². The minimum absolute atomic E-state index is 0.909. The van der Waals surface area contributed by atoms with Crippen LogP contribution in [0.4, 0.5) is 0 Å². The predicted molar refractivity (Wildman–Crippen MR) is 56.5 cm³/mol. The smallest absolute Gasteiger partial charge is 0.146 e. The predicted octanol–water partition coefficient (Wildman–Crippen LogP) is 2.40. The van der Waals surface area contributed by atoms with Crippen molar-refractivity contribution in [3.8, 4) is 0 Å². The van der Waals surface area contributed by atoms with E-state index in [4.69, 9.17) is 12.2 Å². The molecule has 0 rings (SSSR count). The van der Waals surface area contributed by atoms with Crippen LogP contribution < -0.4 is 0 Å². The fraction of sp³-hybridized carbons (Fsp3) is 0.500. The molecule has 0 aliphatic rings. The van der Waals surface area contributed by atoms with E-state index in [0.717, 1.165) is 10.1 Å². The van der Waals surface area contributed by atoms with Crippen LogP contribution in [0, 0.1) is 0 Å². The second-order valence-corrected chi connectivity index (χ2v) is 4.79. The van der Waals surface area contributed by atoms with Gasteiger partial charge in [-0.25, -0.2) is 0 Å². The average Bonchev–Trinajstić information content (AvgIpc) is 1.88. The SMILES string of the molecule is C=CCSSC(=S)N(C)C. The lowest BCUT2D eigenvalue weighted by atomic mass is 10.8. The molecule has 0 spiro atoms. The number of nitrogens with zero attached hydrogens (tertiary/aromatic N) is 1. The van der Waals surface area contributed by atoms with Gasteiger partial charge in [0.25, 0.3) is 0 Å². The van der Waals surface area contributed by atoms with E-state index in [2.05, 4.69) is 6.58 Å². The quantitative estimate of drug-likeness (QED) is 0.293. The van der Waals surface area contributed by atoms with Crippen LogP contribution in [-0.4, -0.2) is 29.1 Å². The van der Waals surface area contributed by atoms with E-state index in [1.54, 1.807) is 21.6 Å². The van der Waals surface area contributed by atoms with Gasteiger partial charge in [0, 0.05) is 19.8 Å². The lowest BCUT2D eigenvalue weighted by Crippen LogP contribution is -2.14. The molecule has 0 aliphatic heterocycles. The van der Waals surface area contributed by atoms with Crippen LogP contribution in [0.3, 0.4) is 0 Å². The van der Waals surface area contributed by atoms with Gasteiger partial charge >= 0.3 is 0 Å². The zero-order valence-electron chi connectivity index (χ0n) is 6.16. The maximum Gasteiger partial charge on any atom is 0.146 e. The van der Waals surface area contributed by atoms with Crippen molar-refractivity contribution < 1.29 is 0 Å². The Balaban J connectivity index is 3.30. The van der Waals surface area contributed by atoms with Gasteiger partial charge in [0.1, 0.15) is 4.32 Å². The summed E-state index contributed by atoms with van der Waals surface area (Å²) >= 11 is 5.03. The number of hydrogen-bond donors (Lipinski definition) is 0. The normalized spacial score (nSPS) is 9.00. The van der Waals surface area contributed by atoms with E-state index >= 15 is 0 Å². The molecule has 0 bridgehead atoms. The number of hydrogen-bond acceptors (Lipinski definition) is 3. The molecule has 0 atom stereocenters. The monoisotopic (exact) mass is 193 g/mol. The maximum atomic E-state index is 5.03. The van der Waals surface area contributed by atoms with Gasteiger partial charge < -0.3 is 4.90 Å². The Morgan fingerprint density at radius 1 is 1.70 bits per heavy atom. The molecular formula is C6H11NS3. The molecule has 0 saturated heterocycles. The third-order valence-electron chi connectivity index (χ3n) is 0.681. The van der Waals surface area contributed by atoms with E-state index in [-0.39, 0.29) is 0 Å². The summed E-state index contributed by atoms with van der Waals surface area (Å²) in [6.45, 7) is 3.61. The molecule has 0 amide bonds. The Hall–Kier alpha value is 0.330.